The Morgan fingerprint density at radius 2 is 1.84 bits per heavy atom. The van der Waals surface area contributed by atoms with Crippen LogP contribution in [0.25, 0.3) is 0 Å². The fourth-order valence-corrected chi connectivity index (χ4v) is 4.97. The third-order valence-electron chi connectivity index (χ3n) is 6.66. The first-order valence-corrected chi connectivity index (χ1v) is 11.0. The summed E-state index contributed by atoms with van der Waals surface area (Å²) in [7, 11) is 0. The van der Waals surface area contributed by atoms with Gasteiger partial charge in [-0.2, -0.15) is 5.10 Å². The molecule has 1 saturated heterocycles. The number of hydrogen-bond acceptors (Lipinski definition) is 5. The highest BCUT2D eigenvalue weighted by atomic mass is 16.3. The minimum absolute atomic E-state index is 0.00693. The third kappa shape index (κ3) is 3.39. The highest BCUT2D eigenvalue weighted by molar-refractivity contribution is 5.96. The molecule has 0 bridgehead atoms. The number of furan rings is 1. The van der Waals surface area contributed by atoms with E-state index in [0.29, 0.717) is 50.2 Å². The van der Waals surface area contributed by atoms with Gasteiger partial charge in [0.2, 0.25) is 5.91 Å². The summed E-state index contributed by atoms with van der Waals surface area (Å²) in [6, 6.07) is 7.64. The molecule has 166 valence electrons. The Labute approximate surface area is 186 Å². The lowest BCUT2D eigenvalue weighted by Gasteiger charge is -2.46. The van der Waals surface area contributed by atoms with Gasteiger partial charge in [-0.25, -0.2) is 4.68 Å². The number of anilines is 1. The highest BCUT2D eigenvalue weighted by Gasteiger charge is 2.46. The second-order valence-electron chi connectivity index (χ2n) is 8.91. The van der Waals surface area contributed by atoms with Gasteiger partial charge in [0.25, 0.3) is 5.91 Å². The molecule has 1 spiro atoms. The minimum atomic E-state index is -0.395. The summed E-state index contributed by atoms with van der Waals surface area (Å²) in [6.45, 7) is 7.28. The predicted molar refractivity (Wildman–Crippen MR) is 118 cm³/mol. The van der Waals surface area contributed by atoms with E-state index in [-0.39, 0.29) is 11.8 Å². The quantitative estimate of drug-likeness (QED) is 0.632. The van der Waals surface area contributed by atoms with Crippen LogP contribution >= 0.6 is 0 Å². The van der Waals surface area contributed by atoms with Gasteiger partial charge < -0.3 is 9.32 Å². The van der Waals surface area contributed by atoms with Crippen LogP contribution in [0.1, 0.15) is 52.4 Å². The van der Waals surface area contributed by atoms with Crippen LogP contribution in [0.5, 0.6) is 0 Å². The number of likely N-dealkylation sites (tertiary alicyclic amines) is 1. The van der Waals surface area contributed by atoms with Gasteiger partial charge in [-0.05, 0) is 57.4 Å². The monoisotopic (exact) mass is 433 g/mol. The molecule has 3 aromatic heterocycles. The van der Waals surface area contributed by atoms with E-state index in [1.807, 2.05) is 53.5 Å². The van der Waals surface area contributed by atoms with E-state index in [4.69, 9.17) is 9.52 Å². The molecule has 2 aliphatic rings. The average Bonchev–Trinajstić information content (AvgIpc) is 3.34. The Morgan fingerprint density at radius 3 is 2.50 bits per heavy atom. The van der Waals surface area contributed by atoms with Gasteiger partial charge in [-0.3, -0.25) is 19.5 Å². The zero-order valence-electron chi connectivity index (χ0n) is 18.7. The Morgan fingerprint density at radius 1 is 1.12 bits per heavy atom. The lowest BCUT2D eigenvalue weighted by atomic mass is 9.82. The number of pyridine rings is 1. The van der Waals surface area contributed by atoms with Crippen molar-refractivity contribution in [2.24, 2.45) is 0 Å². The molecule has 0 N–H and O–H groups in total. The molecule has 2 amide bonds. The van der Waals surface area contributed by atoms with Crippen molar-refractivity contribution in [2.75, 3.05) is 18.0 Å². The number of piperidine rings is 1. The van der Waals surface area contributed by atoms with Crippen molar-refractivity contribution in [3.63, 3.8) is 0 Å². The molecule has 8 heteroatoms. The second-order valence-corrected chi connectivity index (χ2v) is 8.91. The first kappa shape index (κ1) is 20.5. The number of amides is 2. The molecule has 32 heavy (non-hydrogen) atoms. The zero-order chi connectivity index (χ0) is 22.5. The van der Waals surface area contributed by atoms with Gasteiger partial charge in [-0.1, -0.05) is 0 Å². The largest absolute Gasteiger partial charge is 0.466 e. The van der Waals surface area contributed by atoms with E-state index in [0.717, 1.165) is 22.8 Å². The molecule has 0 saturated carbocycles. The molecule has 0 aliphatic carbocycles. The van der Waals surface area contributed by atoms with E-state index in [2.05, 4.69) is 4.98 Å². The topological polar surface area (TPSA) is 84.5 Å². The SMILES string of the molecule is Cc1cc2n(n1)C1(CCN(C(=O)c3cc(C)oc3C)CC1)CC(=O)N2Cc1ccncc1. The fraction of sp³-hybridized carbons (Fsp3) is 0.417. The number of rotatable bonds is 3. The average molecular weight is 434 g/mol. The fourth-order valence-electron chi connectivity index (χ4n) is 4.97. The third-order valence-corrected chi connectivity index (χ3v) is 6.66. The number of nitrogens with zero attached hydrogens (tertiary/aromatic N) is 5. The maximum Gasteiger partial charge on any atom is 0.257 e. The van der Waals surface area contributed by atoms with Gasteiger partial charge in [0.15, 0.2) is 0 Å². The summed E-state index contributed by atoms with van der Waals surface area (Å²) in [4.78, 5) is 34.1. The number of carbonyl (C=O) groups excluding carboxylic acids is 2. The zero-order valence-corrected chi connectivity index (χ0v) is 18.7. The van der Waals surface area contributed by atoms with E-state index < -0.39 is 5.54 Å². The molecule has 0 radical (unpaired) electrons. The maximum absolute atomic E-state index is 13.3. The molecule has 8 nitrogen and oxygen atoms in total. The van der Waals surface area contributed by atoms with Crippen LogP contribution in [0.15, 0.2) is 41.1 Å². The van der Waals surface area contributed by atoms with E-state index in [9.17, 15) is 9.59 Å². The number of aryl methyl sites for hydroxylation is 3. The van der Waals surface area contributed by atoms with E-state index in [1.54, 1.807) is 18.5 Å². The van der Waals surface area contributed by atoms with Crippen molar-refractivity contribution < 1.29 is 14.0 Å². The first-order valence-electron chi connectivity index (χ1n) is 11.0. The predicted octanol–water partition coefficient (Wildman–Crippen LogP) is 3.36. The van der Waals surface area contributed by atoms with Gasteiger partial charge in [-0.15, -0.1) is 0 Å². The standard InChI is InChI=1S/C24H27N5O3/c1-16-12-21-28(15-19-4-8-25-9-5-19)22(30)14-24(29(21)26-16)6-10-27(11-7-24)23(31)20-13-17(2)32-18(20)3/h4-5,8-9,12-13H,6-7,10-11,14-15H2,1-3H3. The number of fused-ring (bicyclic) bond motifs is 2. The van der Waals surface area contributed by atoms with Crippen LogP contribution in [-0.4, -0.2) is 44.6 Å². The van der Waals surface area contributed by atoms with Crippen LogP contribution in [0.3, 0.4) is 0 Å². The Kier molecular flexibility index (Phi) is 4.87. The van der Waals surface area contributed by atoms with Crippen LogP contribution in [0, 0.1) is 20.8 Å². The summed E-state index contributed by atoms with van der Waals surface area (Å²) in [5.74, 6) is 2.31. The number of hydrogen-bond donors (Lipinski definition) is 0. The van der Waals surface area contributed by atoms with E-state index >= 15 is 0 Å². The van der Waals surface area contributed by atoms with Gasteiger partial charge >= 0.3 is 0 Å². The lowest BCUT2D eigenvalue weighted by Crippen LogP contribution is -2.54. The van der Waals surface area contributed by atoms with Crippen molar-refractivity contribution in [1.82, 2.24) is 19.7 Å². The summed E-state index contributed by atoms with van der Waals surface area (Å²) in [5.41, 5.74) is 2.14. The summed E-state index contributed by atoms with van der Waals surface area (Å²) >= 11 is 0. The smallest absolute Gasteiger partial charge is 0.257 e. The van der Waals surface area contributed by atoms with Crippen molar-refractivity contribution in [3.05, 3.63) is 65.0 Å². The number of carbonyl (C=O) groups is 2. The molecule has 5 heterocycles. The van der Waals surface area contributed by atoms with Crippen LogP contribution in [-0.2, 0) is 16.9 Å². The molecular weight excluding hydrogens is 406 g/mol. The van der Waals surface area contributed by atoms with Crippen molar-refractivity contribution in [1.29, 1.82) is 0 Å². The first-order chi connectivity index (χ1) is 15.4. The normalized spacial score (nSPS) is 17.7. The van der Waals surface area contributed by atoms with Gasteiger partial charge in [0.05, 0.1) is 29.8 Å². The molecule has 0 aromatic carbocycles. The van der Waals surface area contributed by atoms with Crippen LogP contribution in [0.2, 0.25) is 0 Å². The Hall–Kier alpha value is -3.42. The molecule has 0 atom stereocenters. The molecule has 3 aromatic rings. The van der Waals surface area contributed by atoms with Crippen molar-refractivity contribution in [2.45, 2.75) is 52.1 Å². The molecular formula is C24H27N5O3. The molecule has 0 unspecified atom stereocenters. The molecule has 1 fully saturated rings. The van der Waals surface area contributed by atoms with Gasteiger partial charge in [0, 0.05) is 31.5 Å². The summed E-state index contributed by atoms with van der Waals surface area (Å²) < 4.78 is 7.59. The maximum atomic E-state index is 13.3. The summed E-state index contributed by atoms with van der Waals surface area (Å²) in [5, 5.41) is 4.79. The summed E-state index contributed by atoms with van der Waals surface area (Å²) in [6.07, 6.45) is 5.25. The Balaban J connectivity index is 1.39. The lowest BCUT2D eigenvalue weighted by molar-refractivity contribution is -0.123. The number of aromatic nitrogens is 3. The van der Waals surface area contributed by atoms with Crippen LogP contribution < -0.4 is 4.90 Å². The molecule has 5 rings (SSSR count). The highest BCUT2D eigenvalue weighted by Crippen LogP contribution is 2.42. The minimum Gasteiger partial charge on any atom is -0.466 e. The van der Waals surface area contributed by atoms with Gasteiger partial charge in [0.1, 0.15) is 17.3 Å². The van der Waals surface area contributed by atoms with Crippen LogP contribution in [0.4, 0.5) is 5.82 Å². The molecule has 2 aliphatic heterocycles. The van der Waals surface area contributed by atoms with E-state index in [1.165, 1.54) is 0 Å². The Bertz CT molecular complexity index is 1170. The second kappa shape index (κ2) is 7.62. The van der Waals surface area contributed by atoms with Crippen molar-refractivity contribution >= 4 is 17.6 Å². The van der Waals surface area contributed by atoms with Crippen molar-refractivity contribution in [3.8, 4) is 0 Å².